The quantitative estimate of drug-likeness (QED) is 0.235. The molecule has 0 aliphatic heterocycles. The van der Waals surface area contributed by atoms with Crippen molar-refractivity contribution in [1.82, 2.24) is 0 Å². The molecule has 0 aliphatic rings. The van der Waals surface area contributed by atoms with Crippen LogP contribution in [0.1, 0.15) is 28.8 Å². The Balaban J connectivity index is 0.000000553. The Kier molecular flexibility index (Phi) is 8.14. The number of rotatable bonds is 6. The van der Waals surface area contributed by atoms with E-state index in [4.69, 9.17) is 35.3 Å². The first-order chi connectivity index (χ1) is 13.8. The van der Waals surface area contributed by atoms with Crippen LogP contribution >= 0.6 is 0 Å². The minimum absolute atomic E-state index is 0.00627. The highest BCUT2D eigenvalue weighted by molar-refractivity contribution is 5.95. The Morgan fingerprint density at radius 2 is 1.67 bits per heavy atom. The second-order valence-corrected chi connectivity index (χ2v) is 5.84. The van der Waals surface area contributed by atoms with Gasteiger partial charge in [-0.1, -0.05) is 6.92 Å². The van der Waals surface area contributed by atoms with Crippen LogP contribution in [-0.4, -0.2) is 40.1 Å². The number of furan rings is 1. The van der Waals surface area contributed by atoms with Crippen LogP contribution in [0.3, 0.4) is 0 Å². The van der Waals surface area contributed by atoms with Crippen LogP contribution in [0.15, 0.2) is 40.8 Å². The standard InChI is InChI=1S/C16H16N2O5.C2HF3O2/c1-9(15(19)20)8-12-6-7-13(22-12)16(21)23-11-4-2-10(3-5-11)14(17)18;3-2(4,5)1(6)7/h2-7,9H,8H2,1H3,(H3,17,18)(H,19,20);(H,6,7)/t9-;/m0./s1. The van der Waals surface area contributed by atoms with E-state index >= 15 is 0 Å². The van der Waals surface area contributed by atoms with E-state index in [-0.39, 0.29) is 23.8 Å². The fourth-order valence-electron chi connectivity index (χ4n) is 1.85. The zero-order valence-electron chi connectivity index (χ0n) is 15.4. The van der Waals surface area contributed by atoms with Crippen LogP contribution in [0.25, 0.3) is 0 Å². The molecule has 5 N–H and O–H groups in total. The second kappa shape index (κ2) is 10.1. The number of hydrogen-bond acceptors (Lipinski definition) is 6. The number of carboxylic acid groups (broad SMARTS) is 2. The molecule has 2 aromatic rings. The molecular formula is C18H17F3N2O7. The minimum Gasteiger partial charge on any atom is -0.481 e. The SMILES string of the molecule is C[C@@H](Cc1ccc(C(=O)Oc2ccc(C(=N)N)cc2)o1)C(=O)O.O=C(O)C(F)(F)F. The van der Waals surface area contributed by atoms with Crippen molar-refractivity contribution in [2.75, 3.05) is 0 Å². The lowest BCUT2D eigenvalue weighted by atomic mass is 10.1. The molecule has 12 heteroatoms. The van der Waals surface area contributed by atoms with Gasteiger partial charge >= 0.3 is 24.1 Å². The van der Waals surface area contributed by atoms with Crippen LogP contribution in [0.2, 0.25) is 0 Å². The van der Waals surface area contributed by atoms with E-state index < -0.39 is 30.0 Å². The van der Waals surface area contributed by atoms with Gasteiger partial charge in [-0.3, -0.25) is 10.2 Å². The lowest BCUT2D eigenvalue weighted by Crippen LogP contribution is -2.21. The summed E-state index contributed by atoms with van der Waals surface area (Å²) < 4.78 is 42.2. The highest BCUT2D eigenvalue weighted by Crippen LogP contribution is 2.17. The van der Waals surface area contributed by atoms with E-state index in [1.54, 1.807) is 25.1 Å². The molecule has 0 radical (unpaired) electrons. The lowest BCUT2D eigenvalue weighted by Gasteiger charge is -2.04. The molecule has 1 atom stereocenters. The molecule has 1 aromatic carbocycles. The summed E-state index contributed by atoms with van der Waals surface area (Å²) >= 11 is 0. The number of esters is 1. The van der Waals surface area contributed by atoms with Crippen molar-refractivity contribution < 1.29 is 46.9 Å². The summed E-state index contributed by atoms with van der Waals surface area (Å²) in [6, 6.07) is 9.15. The number of nitrogens with two attached hydrogens (primary N) is 1. The Bertz CT molecular complexity index is 921. The van der Waals surface area contributed by atoms with Crippen molar-refractivity contribution in [2.45, 2.75) is 19.5 Å². The maximum atomic E-state index is 12.0. The normalized spacial score (nSPS) is 11.6. The summed E-state index contributed by atoms with van der Waals surface area (Å²) in [5.41, 5.74) is 5.86. The molecule has 30 heavy (non-hydrogen) atoms. The van der Waals surface area contributed by atoms with Gasteiger partial charge in [-0.05, 0) is 36.4 Å². The maximum absolute atomic E-state index is 12.0. The molecule has 162 valence electrons. The van der Waals surface area contributed by atoms with Crippen molar-refractivity contribution >= 4 is 23.7 Å². The van der Waals surface area contributed by atoms with Gasteiger partial charge in [-0.15, -0.1) is 0 Å². The third-order valence-electron chi connectivity index (χ3n) is 3.41. The Morgan fingerprint density at radius 1 is 1.13 bits per heavy atom. The highest BCUT2D eigenvalue weighted by Gasteiger charge is 2.38. The van der Waals surface area contributed by atoms with Crippen molar-refractivity contribution in [3.8, 4) is 5.75 Å². The average Bonchev–Trinajstić information content (AvgIpc) is 3.10. The molecule has 0 amide bonds. The van der Waals surface area contributed by atoms with E-state index in [9.17, 15) is 22.8 Å². The lowest BCUT2D eigenvalue weighted by molar-refractivity contribution is -0.192. The van der Waals surface area contributed by atoms with Crippen molar-refractivity contribution in [1.29, 1.82) is 5.41 Å². The van der Waals surface area contributed by atoms with Gasteiger partial charge in [0.15, 0.2) is 0 Å². The number of hydrogen-bond donors (Lipinski definition) is 4. The van der Waals surface area contributed by atoms with Crippen LogP contribution in [0.5, 0.6) is 5.75 Å². The number of alkyl halides is 3. The molecule has 9 nitrogen and oxygen atoms in total. The number of amidine groups is 1. The number of ether oxygens (including phenoxy) is 1. The Labute approximate surface area is 167 Å². The van der Waals surface area contributed by atoms with Crippen LogP contribution in [0.4, 0.5) is 13.2 Å². The Morgan fingerprint density at radius 3 is 2.10 bits per heavy atom. The van der Waals surface area contributed by atoms with E-state index in [0.717, 1.165) is 0 Å². The van der Waals surface area contributed by atoms with Gasteiger partial charge < -0.3 is 25.1 Å². The number of carbonyl (C=O) groups is 3. The molecule has 2 rings (SSSR count). The summed E-state index contributed by atoms with van der Waals surface area (Å²) in [5.74, 6) is -4.38. The number of nitrogen functional groups attached to an aromatic ring is 1. The molecule has 1 heterocycles. The summed E-state index contributed by atoms with van der Waals surface area (Å²) in [4.78, 5) is 31.7. The van der Waals surface area contributed by atoms with Gasteiger partial charge in [-0.25, -0.2) is 9.59 Å². The molecule has 0 aliphatic carbocycles. The van der Waals surface area contributed by atoms with Gasteiger partial charge in [0.1, 0.15) is 17.3 Å². The van der Waals surface area contributed by atoms with Crippen molar-refractivity contribution in [2.24, 2.45) is 11.7 Å². The molecule has 0 saturated heterocycles. The maximum Gasteiger partial charge on any atom is 0.490 e. The number of halogens is 3. The van der Waals surface area contributed by atoms with Gasteiger partial charge in [-0.2, -0.15) is 13.2 Å². The smallest absolute Gasteiger partial charge is 0.481 e. The number of carbonyl (C=O) groups excluding carboxylic acids is 1. The first-order valence-corrected chi connectivity index (χ1v) is 8.09. The summed E-state index contributed by atoms with van der Waals surface area (Å²) in [5, 5.41) is 23.3. The monoisotopic (exact) mass is 430 g/mol. The van der Waals surface area contributed by atoms with Crippen molar-refractivity contribution in [3.05, 3.63) is 53.5 Å². The zero-order chi connectivity index (χ0) is 23.1. The summed E-state index contributed by atoms with van der Waals surface area (Å²) in [6.07, 6.45) is -4.89. The molecule has 0 saturated carbocycles. The predicted molar refractivity (Wildman–Crippen MR) is 95.3 cm³/mol. The predicted octanol–water partition coefficient (Wildman–Crippen LogP) is 2.68. The van der Waals surface area contributed by atoms with Crippen LogP contribution < -0.4 is 10.5 Å². The van der Waals surface area contributed by atoms with Crippen LogP contribution in [0, 0.1) is 11.3 Å². The third kappa shape index (κ3) is 7.66. The Hall–Kier alpha value is -3.83. The number of carboxylic acids is 2. The van der Waals surface area contributed by atoms with Crippen molar-refractivity contribution in [3.63, 3.8) is 0 Å². The van der Waals surface area contributed by atoms with E-state index in [1.165, 1.54) is 18.2 Å². The van der Waals surface area contributed by atoms with Gasteiger partial charge in [0.2, 0.25) is 5.76 Å². The van der Waals surface area contributed by atoms with E-state index in [2.05, 4.69) is 0 Å². The van der Waals surface area contributed by atoms with Crippen LogP contribution in [-0.2, 0) is 16.0 Å². The number of nitrogens with one attached hydrogen (secondary N) is 1. The molecule has 0 unspecified atom stereocenters. The van der Waals surface area contributed by atoms with Gasteiger partial charge in [0, 0.05) is 12.0 Å². The molecule has 1 aromatic heterocycles. The van der Waals surface area contributed by atoms with Gasteiger partial charge in [0.05, 0.1) is 5.92 Å². The first kappa shape index (κ1) is 24.2. The second-order valence-electron chi connectivity index (χ2n) is 5.84. The number of benzene rings is 1. The average molecular weight is 430 g/mol. The highest BCUT2D eigenvalue weighted by atomic mass is 19.4. The largest absolute Gasteiger partial charge is 0.490 e. The van der Waals surface area contributed by atoms with E-state index in [1.807, 2.05) is 0 Å². The first-order valence-electron chi connectivity index (χ1n) is 8.09. The molecule has 0 spiro atoms. The summed E-state index contributed by atoms with van der Waals surface area (Å²) in [6.45, 7) is 1.55. The number of aliphatic carboxylic acids is 2. The zero-order valence-corrected chi connectivity index (χ0v) is 15.4. The topological polar surface area (TPSA) is 164 Å². The fraction of sp³-hybridized carbons (Fsp3) is 0.222. The third-order valence-corrected chi connectivity index (χ3v) is 3.41. The molecular weight excluding hydrogens is 413 g/mol. The van der Waals surface area contributed by atoms with Gasteiger partial charge in [0.25, 0.3) is 0 Å². The van der Waals surface area contributed by atoms with E-state index in [0.29, 0.717) is 11.3 Å². The molecule has 0 fully saturated rings. The summed E-state index contributed by atoms with van der Waals surface area (Å²) in [7, 11) is 0. The molecule has 0 bridgehead atoms. The fourth-order valence-corrected chi connectivity index (χ4v) is 1.85. The minimum atomic E-state index is -5.08.